The number of aryl methyl sites for hydroxylation is 6. The van der Waals surface area contributed by atoms with Crippen molar-refractivity contribution in [3.63, 3.8) is 0 Å². The standard InChI is InChI=1S/C28H17N2O.C15H17N.Ir/c1-15-11-22-19(16(2)30-15)7-8-20-21-9-10-29-28-24-12-17-5-3-4-6-18(17)13-25(24)31-26(27(21)28)14-23(20)22;1-10-5-6-14(12(3)7-10)15-8-11(2)13(4)9-16-15;/h3-11,13-14H,1-2H3;5-9H,1-4H3;/q-1;;. The van der Waals surface area contributed by atoms with Gasteiger partial charge in [-0.1, -0.05) is 71.1 Å². The Kier molecular flexibility index (Phi) is 8.07. The van der Waals surface area contributed by atoms with Crippen molar-refractivity contribution in [2.45, 2.75) is 41.5 Å². The zero-order chi connectivity index (χ0) is 32.4. The van der Waals surface area contributed by atoms with Gasteiger partial charge in [-0.15, -0.1) is 17.5 Å². The molecule has 48 heavy (non-hydrogen) atoms. The summed E-state index contributed by atoms with van der Waals surface area (Å²) in [6.45, 7) is 12.6. The smallest absolute Gasteiger partial charge is 0.120 e. The number of benzene rings is 5. The molecule has 0 fully saturated rings. The molecule has 3 aromatic heterocycles. The fraction of sp³-hybridized carbons (Fsp3) is 0.140. The van der Waals surface area contributed by atoms with E-state index >= 15 is 0 Å². The van der Waals surface area contributed by atoms with E-state index in [1.165, 1.54) is 49.4 Å². The first-order valence-electron chi connectivity index (χ1n) is 16.0. The summed E-state index contributed by atoms with van der Waals surface area (Å²) in [5.74, 6) is 1.65. The van der Waals surface area contributed by atoms with Crippen molar-refractivity contribution in [3.05, 3.63) is 137 Å². The van der Waals surface area contributed by atoms with Gasteiger partial charge in [0.25, 0.3) is 0 Å². The van der Waals surface area contributed by atoms with E-state index in [0.717, 1.165) is 61.4 Å². The number of fused-ring (bicyclic) bond motifs is 7. The number of hydrogen-bond donors (Lipinski definition) is 0. The van der Waals surface area contributed by atoms with E-state index in [4.69, 9.17) is 9.72 Å². The molecule has 5 heteroatoms. The summed E-state index contributed by atoms with van der Waals surface area (Å²) in [7, 11) is 0. The summed E-state index contributed by atoms with van der Waals surface area (Å²) in [5.41, 5.74) is 11.4. The van der Waals surface area contributed by atoms with Gasteiger partial charge in [-0.25, -0.2) is 0 Å². The fourth-order valence-electron chi connectivity index (χ4n) is 6.87. The van der Waals surface area contributed by atoms with E-state index in [-0.39, 0.29) is 20.1 Å². The topological polar surface area (TPSA) is 47.9 Å². The Bertz CT molecular complexity index is 2570. The number of pyridine rings is 3. The Hall–Kier alpha value is -4.96. The van der Waals surface area contributed by atoms with Crippen molar-refractivity contribution < 1.29 is 24.8 Å². The van der Waals surface area contributed by atoms with Crippen LogP contribution >= 0.6 is 0 Å². The van der Waals surface area contributed by atoms with Gasteiger partial charge in [-0.2, -0.15) is 0 Å². The van der Waals surface area contributed by atoms with Gasteiger partial charge in [0.05, 0.1) is 11.4 Å². The van der Waals surface area contributed by atoms with Crippen molar-refractivity contribution >= 4 is 43.1 Å². The van der Waals surface area contributed by atoms with Crippen LogP contribution in [0.5, 0.6) is 11.5 Å². The van der Waals surface area contributed by atoms with Gasteiger partial charge in [0.15, 0.2) is 0 Å². The van der Waals surface area contributed by atoms with Crippen LogP contribution in [0.4, 0.5) is 0 Å². The van der Waals surface area contributed by atoms with Gasteiger partial charge in [-0.3, -0.25) is 15.0 Å². The molecular formula is C43H34IrN3O-. The van der Waals surface area contributed by atoms with Crippen molar-refractivity contribution in [1.29, 1.82) is 0 Å². The second kappa shape index (κ2) is 12.2. The molecule has 0 unspecified atom stereocenters. The van der Waals surface area contributed by atoms with E-state index in [0.29, 0.717) is 0 Å². The Labute approximate surface area is 294 Å². The molecule has 0 amide bonds. The minimum absolute atomic E-state index is 0. The zero-order valence-electron chi connectivity index (χ0n) is 27.8. The number of aromatic nitrogens is 3. The number of rotatable bonds is 1. The Morgan fingerprint density at radius 1 is 0.625 bits per heavy atom. The van der Waals surface area contributed by atoms with Crippen LogP contribution in [0.25, 0.3) is 65.6 Å². The summed E-state index contributed by atoms with van der Waals surface area (Å²) in [6.07, 6.45) is 3.84. The molecular weight excluding hydrogens is 767 g/mol. The van der Waals surface area contributed by atoms with Crippen molar-refractivity contribution in [3.8, 4) is 34.0 Å². The normalized spacial score (nSPS) is 11.5. The zero-order valence-corrected chi connectivity index (χ0v) is 30.2. The predicted octanol–water partition coefficient (Wildman–Crippen LogP) is 11.3. The minimum Gasteiger partial charge on any atom is -0.492 e. The van der Waals surface area contributed by atoms with Gasteiger partial charge >= 0.3 is 0 Å². The SMILES string of the molecule is Cc1cc2c(ccc3c4ccnc5c4c(cc23)Oc2cc3ccccc3[c-]c2-5)c(C)n1.Cc1ccc(-c2cc(C)c(C)cn2)c(C)c1.[Ir]. The van der Waals surface area contributed by atoms with E-state index in [1.54, 1.807) is 0 Å². The second-order valence-corrected chi connectivity index (χ2v) is 12.7. The first kappa shape index (κ1) is 31.6. The van der Waals surface area contributed by atoms with Gasteiger partial charge in [-0.05, 0) is 104 Å². The third-order valence-corrected chi connectivity index (χ3v) is 9.38. The second-order valence-electron chi connectivity index (χ2n) is 12.7. The average Bonchev–Trinajstić information content (AvgIpc) is 3.06. The van der Waals surface area contributed by atoms with Crippen molar-refractivity contribution in [2.24, 2.45) is 0 Å². The molecule has 8 aromatic rings. The molecule has 1 aliphatic heterocycles. The van der Waals surface area contributed by atoms with Crippen LogP contribution in [0.3, 0.4) is 0 Å². The Balaban J connectivity index is 0.000000183. The molecule has 0 saturated heterocycles. The number of hydrogen-bond acceptors (Lipinski definition) is 4. The quantitative estimate of drug-likeness (QED) is 0.123. The van der Waals surface area contributed by atoms with Crippen LogP contribution in [-0.2, 0) is 20.1 Å². The van der Waals surface area contributed by atoms with E-state index < -0.39 is 0 Å². The third kappa shape index (κ3) is 5.34. The van der Waals surface area contributed by atoms with E-state index in [1.807, 2.05) is 31.5 Å². The summed E-state index contributed by atoms with van der Waals surface area (Å²) in [6, 6.07) is 33.3. The Morgan fingerprint density at radius 3 is 2.23 bits per heavy atom. The first-order chi connectivity index (χ1) is 22.7. The molecule has 0 saturated carbocycles. The minimum atomic E-state index is 0. The van der Waals surface area contributed by atoms with Gasteiger partial charge < -0.3 is 4.74 Å². The van der Waals surface area contributed by atoms with Crippen LogP contribution in [0, 0.1) is 47.6 Å². The summed E-state index contributed by atoms with van der Waals surface area (Å²) in [4.78, 5) is 13.9. The summed E-state index contributed by atoms with van der Waals surface area (Å²) >= 11 is 0. The van der Waals surface area contributed by atoms with Crippen LogP contribution in [0.1, 0.15) is 33.6 Å². The summed E-state index contributed by atoms with van der Waals surface area (Å²) < 4.78 is 6.49. The molecule has 0 atom stereocenters. The molecule has 4 heterocycles. The molecule has 0 bridgehead atoms. The maximum atomic E-state index is 6.49. The summed E-state index contributed by atoms with van der Waals surface area (Å²) in [5, 5.41) is 9.15. The first-order valence-corrected chi connectivity index (χ1v) is 16.0. The molecule has 4 nitrogen and oxygen atoms in total. The van der Waals surface area contributed by atoms with Crippen LogP contribution in [0.15, 0.2) is 97.3 Å². The average molecular weight is 801 g/mol. The number of ether oxygens (including phenoxy) is 1. The molecule has 9 rings (SSSR count). The van der Waals surface area contributed by atoms with E-state index in [9.17, 15) is 0 Å². The molecule has 0 spiro atoms. The fourth-order valence-corrected chi connectivity index (χ4v) is 6.87. The van der Waals surface area contributed by atoms with Crippen molar-refractivity contribution in [1.82, 2.24) is 15.0 Å². The molecule has 1 aliphatic rings. The largest absolute Gasteiger partial charge is 0.492 e. The molecule has 237 valence electrons. The molecule has 0 aliphatic carbocycles. The molecule has 1 radical (unpaired) electrons. The predicted molar refractivity (Wildman–Crippen MR) is 194 cm³/mol. The van der Waals surface area contributed by atoms with Gasteiger partial charge in [0.1, 0.15) is 5.75 Å². The molecule has 0 N–H and O–H groups in total. The number of nitrogens with zero attached hydrogens (tertiary/aromatic N) is 3. The molecule has 5 aromatic carbocycles. The Morgan fingerprint density at radius 2 is 1.42 bits per heavy atom. The maximum Gasteiger partial charge on any atom is 0.120 e. The van der Waals surface area contributed by atoms with Crippen LogP contribution in [-0.4, -0.2) is 15.0 Å². The van der Waals surface area contributed by atoms with E-state index in [2.05, 4.69) is 123 Å². The van der Waals surface area contributed by atoms with Crippen LogP contribution < -0.4 is 4.74 Å². The van der Waals surface area contributed by atoms with Gasteiger partial charge in [0, 0.05) is 65.9 Å². The van der Waals surface area contributed by atoms with Crippen LogP contribution in [0.2, 0.25) is 0 Å². The monoisotopic (exact) mass is 801 g/mol. The maximum absolute atomic E-state index is 6.49. The van der Waals surface area contributed by atoms with Gasteiger partial charge in [0.2, 0.25) is 0 Å². The third-order valence-electron chi connectivity index (χ3n) is 9.38. The van der Waals surface area contributed by atoms with Crippen molar-refractivity contribution in [2.75, 3.05) is 0 Å².